The van der Waals surface area contributed by atoms with Crippen LogP contribution in [0.15, 0.2) is 0 Å². The van der Waals surface area contributed by atoms with Crippen LogP contribution < -0.4 is 0 Å². The molecule has 0 aromatic heterocycles. The zero-order chi connectivity index (χ0) is 40.4. The molecule has 4 heterocycles. The summed E-state index contributed by atoms with van der Waals surface area (Å²) in [6, 6.07) is -0.232. The van der Waals surface area contributed by atoms with E-state index in [1.807, 2.05) is 39.8 Å². The molecule has 4 fully saturated rings. The Kier molecular flexibility index (Phi) is 15.1. The largest absolute Gasteiger partial charge is 0.462 e. The maximum atomic E-state index is 14.3. The number of carbonyl (C=O) groups is 4. The molecule has 310 valence electrons. The number of epoxide rings is 1. The van der Waals surface area contributed by atoms with Crippen LogP contribution >= 0.6 is 0 Å². The Bertz CT molecular complexity index is 1310. The predicted molar refractivity (Wildman–Crippen MR) is 193 cm³/mol. The number of ketones is 1. The quantitative estimate of drug-likeness (QED) is 0.216. The van der Waals surface area contributed by atoms with Gasteiger partial charge < -0.3 is 52.6 Å². The molecule has 0 aromatic carbocycles. The van der Waals surface area contributed by atoms with E-state index in [9.17, 15) is 24.3 Å². The van der Waals surface area contributed by atoms with Crippen molar-refractivity contribution in [3.8, 4) is 0 Å². The zero-order valence-corrected chi connectivity index (χ0v) is 34.3. The molecular weight excluding hydrogens is 706 g/mol. The first-order valence-electron chi connectivity index (χ1n) is 19.4. The molecule has 0 amide bonds. The highest BCUT2D eigenvalue weighted by Crippen LogP contribution is 2.44. The van der Waals surface area contributed by atoms with Crippen LogP contribution in [0, 0.1) is 29.6 Å². The van der Waals surface area contributed by atoms with Crippen molar-refractivity contribution in [3.63, 3.8) is 0 Å². The van der Waals surface area contributed by atoms with Gasteiger partial charge in [0.1, 0.15) is 18.3 Å². The number of esters is 3. The number of cyclic esters (lactones) is 1. The molecule has 4 aliphatic heterocycles. The van der Waals surface area contributed by atoms with Crippen LogP contribution in [-0.4, -0.2) is 141 Å². The zero-order valence-electron chi connectivity index (χ0n) is 34.3. The number of methoxy groups -OCH3 is 1. The number of hydrogen-bond acceptors (Lipinski definition) is 15. The summed E-state index contributed by atoms with van der Waals surface area (Å²) in [4.78, 5) is 55.2. The minimum Gasteiger partial charge on any atom is -0.462 e. The van der Waals surface area contributed by atoms with Crippen molar-refractivity contribution in [1.82, 2.24) is 4.90 Å². The van der Waals surface area contributed by atoms with Gasteiger partial charge in [-0.1, -0.05) is 27.7 Å². The Morgan fingerprint density at radius 1 is 0.796 bits per heavy atom. The SMILES string of the molecule is CO[C@H]1C[C@H](O[C@H]2[C@H](C)[C@@H](O[C@@H]3O[C@H](C)C[C@H](N(C)C)[C@H]3OC(C)=O)[C@@H](C)C[C@@]3(CO3)C(=O)[C@H](C)[C@@H](OC(C)=O)[C@@H](C)[C@@H](C)OC(=O)[C@@H]2C)O[C@@H](C)[C@@H]1O. The van der Waals surface area contributed by atoms with E-state index in [0.29, 0.717) is 6.42 Å². The Morgan fingerprint density at radius 3 is 1.96 bits per heavy atom. The van der Waals surface area contributed by atoms with Crippen molar-refractivity contribution in [2.75, 3.05) is 27.8 Å². The summed E-state index contributed by atoms with van der Waals surface area (Å²) in [5.74, 6) is -5.06. The van der Waals surface area contributed by atoms with Gasteiger partial charge in [0.15, 0.2) is 30.1 Å². The van der Waals surface area contributed by atoms with Gasteiger partial charge in [0.2, 0.25) is 0 Å². The molecule has 15 heteroatoms. The monoisotopic (exact) mass is 771 g/mol. The molecule has 4 rings (SSSR count). The minimum absolute atomic E-state index is 0.175. The fourth-order valence-electron chi connectivity index (χ4n) is 8.58. The normalized spacial score (nSPS) is 45.4. The van der Waals surface area contributed by atoms with Crippen molar-refractivity contribution in [2.45, 2.75) is 168 Å². The second kappa shape index (κ2) is 18.4. The Labute approximate surface area is 320 Å². The van der Waals surface area contributed by atoms with E-state index < -0.39 is 115 Å². The number of carbonyl (C=O) groups excluding carboxylic acids is 4. The number of likely N-dealkylation sites (N-methyl/N-ethyl adjacent to an activating group) is 1. The average Bonchev–Trinajstić information content (AvgIpc) is 3.88. The number of aliphatic hydroxyl groups is 1. The highest BCUT2D eigenvalue weighted by atomic mass is 16.7. The number of rotatable bonds is 8. The summed E-state index contributed by atoms with van der Waals surface area (Å²) >= 11 is 0. The van der Waals surface area contributed by atoms with Crippen LogP contribution in [0.4, 0.5) is 0 Å². The van der Waals surface area contributed by atoms with E-state index in [1.54, 1.807) is 34.6 Å². The first-order chi connectivity index (χ1) is 25.2. The second-order valence-electron chi connectivity index (χ2n) is 16.5. The number of aliphatic hydroxyl groups excluding tert-OH is 1. The lowest BCUT2D eigenvalue weighted by molar-refractivity contribution is -0.300. The molecule has 0 radical (unpaired) electrons. The fraction of sp³-hybridized carbons (Fsp3) is 0.897. The van der Waals surface area contributed by atoms with E-state index in [1.165, 1.54) is 21.0 Å². The van der Waals surface area contributed by atoms with Gasteiger partial charge >= 0.3 is 17.9 Å². The number of nitrogens with zero attached hydrogens (tertiary/aromatic N) is 1. The standard InChI is InChI=1S/C39H65NO14/c1-18-16-39(17-47-39)36(44)22(5)33(51-26(9)41)20(3)24(7)50-37(45)23(6)34(53-30-15-29(46-13)31(43)25(8)49-30)21(4)32(18)54-38-35(52-27(10)42)28(40(11)12)14-19(2)48-38/h18-25,28-35,38,43H,14-17H2,1-13H3/t18-,19+,20-,21+,22+,23+,24+,25-,28-,29-,30-,31-,32-,33-,34-,35+,38-,39+/m0/s1. The van der Waals surface area contributed by atoms with Crippen LogP contribution in [0.2, 0.25) is 0 Å². The highest BCUT2D eigenvalue weighted by molar-refractivity contribution is 5.92. The van der Waals surface area contributed by atoms with Gasteiger partial charge in [0.05, 0.1) is 55.0 Å². The average molecular weight is 772 g/mol. The van der Waals surface area contributed by atoms with Gasteiger partial charge in [-0.05, 0) is 60.5 Å². The van der Waals surface area contributed by atoms with Gasteiger partial charge in [-0.2, -0.15) is 0 Å². The Hall–Kier alpha value is -2.24. The number of hydrogen-bond donors (Lipinski definition) is 1. The summed E-state index contributed by atoms with van der Waals surface area (Å²) in [6.45, 7) is 17.2. The molecule has 1 spiro atoms. The molecule has 1 N–H and O–H groups in total. The topological polar surface area (TPSA) is 178 Å². The lowest BCUT2D eigenvalue weighted by atomic mass is 9.76. The first-order valence-corrected chi connectivity index (χ1v) is 19.4. The van der Waals surface area contributed by atoms with E-state index in [0.717, 1.165) is 0 Å². The maximum absolute atomic E-state index is 14.3. The summed E-state index contributed by atoms with van der Waals surface area (Å²) in [7, 11) is 5.32. The van der Waals surface area contributed by atoms with Gasteiger partial charge in [0, 0.05) is 39.2 Å². The molecule has 0 bridgehead atoms. The molecule has 4 saturated heterocycles. The molecule has 0 saturated carbocycles. The van der Waals surface area contributed by atoms with Crippen molar-refractivity contribution in [2.24, 2.45) is 29.6 Å². The first kappa shape index (κ1) is 44.5. The molecule has 0 aliphatic carbocycles. The summed E-state index contributed by atoms with van der Waals surface area (Å²) in [6.07, 6.45) is -7.33. The van der Waals surface area contributed by atoms with Crippen LogP contribution in [0.5, 0.6) is 0 Å². The van der Waals surface area contributed by atoms with Gasteiger partial charge in [0.25, 0.3) is 0 Å². The third kappa shape index (κ3) is 10.2. The summed E-state index contributed by atoms with van der Waals surface area (Å²) < 4.78 is 55.4. The van der Waals surface area contributed by atoms with Crippen molar-refractivity contribution >= 4 is 23.7 Å². The Morgan fingerprint density at radius 2 is 1.41 bits per heavy atom. The molecular formula is C39H65NO14. The second-order valence-corrected chi connectivity index (χ2v) is 16.5. The maximum Gasteiger partial charge on any atom is 0.311 e. The van der Waals surface area contributed by atoms with E-state index >= 15 is 0 Å². The molecule has 54 heavy (non-hydrogen) atoms. The lowest BCUT2D eigenvalue weighted by Crippen LogP contribution is -2.58. The smallest absolute Gasteiger partial charge is 0.311 e. The molecule has 0 aromatic rings. The summed E-state index contributed by atoms with van der Waals surface area (Å²) in [5.41, 5.74) is -1.17. The van der Waals surface area contributed by atoms with Crippen LogP contribution in [0.1, 0.15) is 88.5 Å². The molecule has 4 aliphatic rings. The minimum atomic E-state index is -1.17. The van der Waals surface area contributed by atoms with E-state index in [2.05, 4.69) is 0 Å². The van der Waals surface area contributed by atoms with Gasteiger partial charge in [-0.25, -0.2) is 0 Å². The van der Waals surface area contributed by atoms with Crippen molar-refractivity contribution in [3.05, 3.63) is 0 Å². The predicted octanol–water partition coefficient (Wildman–Crippen LogP) is 3.05. The molecule has 18 atom stereocenters. The molecule has 15 nitrogen and oxygen atoms in total. The molecule has 0 unspecified atom stereocenters. The van der Waals surface area contributed by atoms with E-state index in [4.69, 9.17) is 42.6 Å². The van der Waals surface area contributed by atoms with Crippen molar-refractivity contribution in [1.29, 1.82) is 0 Å². The van der Waals surface area contributed by atoms with Crippen LogP contribution in [0.25, 0.3) is 0 Å². The van der Waals surface area contributed by atoms with E-state index in [-0.39, 0.29) is 37.4 Å². The van der Waals surface area contributed by atoms with Crippen molar-refractivity contribution < 1.29 is 66.9 Å². The van der Waals surface area contributed by atoms with Gasteiger partial charge in [-0.3, -0.25) is 19.2 Å². The van der Waals surface area contributed by atoms with Crippen LogP contribution in [-0.2, 0) is 61.8 Å². The van der Waals surface area contributed by atoms with Gasteiger partial charge in [-0.15, -0.1) is 0 Å². The number of ether oxygens (including phenoxy) is 9. The number of Topliss-reactive ketones (excluding diaryl/α,β-unsaturated/α-hetero) is 1. The van der Waals surface area contributed by atoms with Crippen LogP contribution in [0.3, 0.4) is 0 Å². The fourth-order valence-corrected chi connectivity index (χ4v) is 8.58. The third-order valence-electron chi connectivity index (χ3n) is 11.9. The highest BCUT2D eigenvalue weighted by Gasteiger charge is 2.58. The Balaban J connectivity index is 1.82. The third-order valence-corrected chi connectivity index (χ3v) is 11.9. The summed E-state index contributed by atoms with van der Waals surface area (Å²) in [5, 5.41) is 10.7. The lowest BCUT2D eigenvalue weighted by Gasteiger charge is -2.46.